The lowest BCUT2D eigenvalue weighted by atomic mass is 9.64. The first kappa shape index (κ1) is 49.0. The number of aromatic nitrogens is 1. The van der Waals surface area contributed by atoms with E-state index in [2.05, 4.69) is 53.5 Å². The third kappa shape index (κ3) is 11.6. The highest BCUT2D eigenvalue weighted by molar-refractivity contribution is 6.26. The van der Waals surface area contributed by atoms with Crippen molar-refractivity contribution in [1.29, 1.82) is 0 Å². The molecular weight excluding hydrogens is 859 g/mol. The fourth-order valence-corrected chi connectivity index (χ4v) is 12.7. The molecule has 352 valence electrons. The number of ether oxygens (including phenoxy) is 1. The molecular formula is C53H71N5O6Si2. The molecule has 0 spiro atoms. The molecule has 2 aliphatic rings. The Hall–Kier alpha value is -4.90. The van der Waals surface area contributed by atoms with E-state index in [9.17, 15) is 14.4 Å². The number of hydrogen-bond donors (Lipinski definition) is 4. The van der Waals surface area contributed by atoms with Crippen LogP contribution in [0.15, 0.2) is 120 Å². The summed E-state index contributed by atoms with van der Waals surface area (Å²) < 4.78 is 19.2. The molecule has 1 aliphatic heterocycles. The number of carbonyl (C=O) groups is 2. The molecule has 4 aromatic carbocycles. The van der Waals surface area contributed by atoms with Crippen molar-refractivity contribution in [3.63, 3.8) is 0 Å². The van der Waals surface area contributed by atoms with Gasteiger partial charge in [-0.15, -0.1) is 0 Å². The number of fused-ring (bicyclic) bond motifs is 1. The number of carbonyl (C=O) groups excluding carboxylic acids is 2. The molecule has 1 saturated heterocycles. The van der Waals surface area contributed by atoms with Gasteiger partial charge >= 0.3 is 0 Å². The van der Waals surface area contributed by atoms with Crippen molar-refractivity contribution in [3.8, 4) is 5.75 Å². The highest BCUT2D eigenvalue weighted by atomic mass is 28.2. The van der Waals surface area contributed by atoms with Gasteiger partial charge in [0, 0.05) is 55.4 Å². The van der Waals surface area contributed by atoms with Gasteiger partial charge in [-0.05, 0) is 90.9 Å². The Morgan fingerprint density at radius 3 is 2.11 bits per heavy atom. The molecule has 5 N–H and O–H groups in total. The Kier molecular flexibility index (Phi) is 17.2. The molecule has 1 aromatic heterocycles. The molecule has 1 aliphatic carbocycles. The fraction of sp³-hybridized carbons (Fsp3) is 0.453. The molecule has 2 heterocycles. The molecule has 2 amide bonds. The van der Waals surface area contributed by atoms with Gasteiger partial charge in [0.2, 0.25) is 17.4 Å². The number of nitrogens with zero attached hydrogens (tertiary/aromatic N) is 1. The Morgan fingerprint density at radius 2 is 1.47 bits per heavy atom. The summed E-state index contributed by atoms with van der Waals surface area (Å²) in [5.74, 6) is 1.28. The van der Waals surface area contributed by atoms with Crippen LogP contribution in [0.2, 0.25) is 13.1 Å². The number of nitrogens with one attached hydrogen (secondary N) is 3. The van der Waals surface area contributed by atoms with E-state index in [-0.39, 0.29) is 35.5 Å². The van der Waals surface area contributed by atoms with Crippen LogP contribution in [0.1, 0.15) is 80.5 Å². The summed E-state index contributed by atoms with van der Waals surface area (Å²) in [5, 5.41) is 8.14. The number of pyridine rings is 1. The van der Waals surface area contributed by atoms with Crippen molar-refractivity contribution in [3.05, 3.63) is 148 Å². The van der Waals surface area contributed by atoms with E-state index in [0.29, 0.717) is 62.3 Å². The largest absolute Gasteiger partial charge is 0.487 e. The summed E-state index contributed by atoms with van der Waals surface area (Å²) in [6.07, 6.45) is 5.35. The summed E-state index contributed by atoms with van der Waals surface area (Å²) in [6, 6.07) is 37.6. The predicted molar refractivity (Wildman–Crippen MR) is 270 cm³/mol. The Bertz CT molecular complexity index is 2340. The average Bonchev–Trinajstić information content (AvgIpc) is 3.81. The zero-order valence-electron chi connectivity index (χ0n) is 39.4. The molecule has 7 rings (SSSR count). The van der Waals surface area contributed by atoms with Crippen LogP contribution >= 0.6 is 0 Å². The second-order valence-electron chi connectivity index (χ2n) is 19.0. The van der Waals surface area contributed by atoms with E-state index in [0.717, 1.165) is 72.8 Å². The first-order valence-electron chi connectivity index (χ1n) is 24.2. The smallest absolute Gasteiger partial charge is 0.248 e. The number of amides is 2. The maximum atomic E-state index is 13.5. The highest BCUT2D eigenvalue weighted by Crippen LogP contribution is 2.45. The lowest BCUT2D eigenvalue weighted by molar-refractivity contribution is -0.124. The zero-order valence-corrected chi connectivity index (χ0v) is 42.3. The summed E-state index contributed by atoms with van der Waals surface area (Å²) in [5.41, 5.74) is 9.52. The molecule has 5 aromatic rings. The topological polar surface area (TPSA) is 148 Å². The zero-order chi connectivity index (χ0) is 46.5. The Balaban J connectivity index is 0.957. The minimum absolute atomic E-state index is 0.00590. The molecule has 0 bridgehead atoms. The molecule has 2 fully saturated rings. The second-order valence-corrected chi connectivity index (χ2v) is 20.8. The summed E-state index contributed by atoms with van der Waals surface area (Å²) in [4.78, 5) is 45.0. The van der Waals surface area contributed by atoms with Gasteiger partial charge in [-0.25, -0.2) is 0 Å². The van der Waals surface area contributed by atoms with Crippen LogP contribution in [-0.2, 0) is 30.5 Å². The SMILES string of the molecule is C[SiH2]OC(O[SiH2]C)C(C)(C)[C@H](CNCC1CCCC(CNC(=O)CCN2CC[C@@H](C(C(N)=O)(c3ccccc3)c3ccccc3)C2)C1)c1ccc(OCc2ccccc2)c2[nH]c(=O)ccc12. The van der Waals surface area contributed by atoms with E-state index in [1.54, 1.807) is 6.07 Å². The lowest BCUT2D eigenvalue weighted by Crippen LogP contribution is -2.49. The Morgan fingerprint density at radius 1 is 0.833 bits per heavy atom. The summed E-state index contributed by atoms with van der Waals surface area (Å²) in [7, 11) is -1.52. The van der Waals surface area contributed by atoms with Gasteiger partial charge in [-0.1, -0.05) is 130 Å². The number of aromatic amines is 1. The fourth-order valence-electron chi connectivity index (χ4n) is 10.9. The number of likely N-dealkylation sites (tertiary alicyclic amines) is 1. The van der Waals surface area contributed by atoms with Gasteiger partial charge in [0.05, 0.1) is 5.52 Å². The lowest BCUT2D eigenvalue weighted by Gasteiger charge is -2.42. The van der Waals surface area contributed by atoms with Crippen molar-refractivity contribution in [2.75, 3.05) is 39.3 Å². The van der Waals surface area contributed by atoms with Crippen molar-refractivity contribution < 1.29 is 23.2 Å². The number of nitrogens with two attached hydrogens (primary N) is 1. The molecule has 2 unspecified atom stereocenters. The number of benzene rings is 4. The van der Waals surface area contributed by atoms with Crippen molar-refractivity contribution in [2.45, 2.75) is 89.7 Å². The molecule has 66 heavy (non-hydrogen) atoms. The van der Waals surface area contributed by atoms with Gasteiger partial charge < -0.3 is 39.8 Å². The van der Waals surface area contributed by atoms with Crippen molar-refractivity contribution >= 4 is 42.2 Å². The first-order valence-corrected chi connectivity index (χ1v) is 28.2. The molecule has 1 saturated carbocycles. The maximum Gasteiger partial charge on any atom is 0.248 e. The third-order valence-corrected chi connectivity index (χ3v) is 15.6. The van der Waals surface area contributed by atoms with Crippen LogP contribution in [0, 0.1) is 23.2 Å². The molecule has 0 radical (unpaired) electrons. The first-order chi connectivity index (χ1) is 32.0. The maximum absolute atomic E-state index is 13.5. The normalized spacial score (nSPS) is 19.4. The number of H-pyrrole nitrogens is 1. The number of hydrogen-bond acceptors (Lipinski definition) is 8. The standard InChI is InChI=1S/C53H71N5O6Si2/c1-52(2,51(63-65-3)64-66-4)45(43-23-25-46(49-44(43)24-26-48(60)57-49)62-36-37-15-8-5-9-16-37)34-55-32-38-17-14-18-39(31-38)33-56-47(59)28-30-58-29-27-42(35-58)53(50(54)61,40-19-10-6-11-20-40)41-21-12-7-13-22-41/h5-13,15-16,19-26,38-39,42,45,51,55H,14,17-18,27-36,65-66H2,1-4H3,(H2,54,61)(H,56,59)(H,57,60)/t38?,39?,42-,45-/m1/s1. The van der Waals surface area contributed by atoms with Crippen LogP contribution in [0.25, 0.3) is 10.9 Å². The average molecular weight is 930 g/mol. The van der Waals surface area contributed by atoms with Crippen LogP contribution in [0.3, 0.4) is 0 Å². The van der Waals surface area contributed by atoms with E-state index in [1.165, 1.54) is 0 Å². The minimum Gasteiger partial charge on any atom is -0.487 e. The number of primary amides is 1. The van der Waals surface area contributed by atoms with Gasteiger partial charge in [-0.2, -0.15) is 0 Å². The third-order valence-electron chi connectivity index (χ3n) is 14.3. The monoisotopic (exact) mass is 929 g/mol. The summed E-state index contributed by atoms with van der Waals surface area (Å²) in [6.45, 7) is 13.6. The predicted octanol–water partition coefficient (Wildman–Crippen LogP) is 6.54. The minimum atomic E-state index is -0.944. The molecule has 4 atom stereocenters. The van der Waals surface area contributed by atoms with Crippen LogP contribution in [-0.4, -0.2) is 86.8 Å². The molecule has 11 nitrogen and oxygen atoms in total. The van der Waals surface area contributed by atoms with Crippen LogP contribution in [0.5, 0.6) is 5.75 Å². The van der Waals surface area contributed by atoms with Gasteiger partial charge in [0.15, 0.2) is 19.5 Å². The van der Waals surface area contributed by atoms with Crippen LogP contribution < -0.4 is 26.7 Å². The Labute approximate surface area is 395 Å². The molecule has 13 heteroatoms. The number of rotatable bonds is 23. The van der Waals surface area contributed by atoms with Crippen molar-refractivity contribution in [1.82, 2.24) is 20.5 Å². The van der Waals surface area contributed by atoms with Gasteiger partial charge in [-0.3, -0.25) is 14.4 Å². The van der Waals surface area contributed by atoms with E-state index in [4.69, 9.17) is 19.3 Å². The van der Waals surface area contributed by atoms with Crippen LogP contribution in [0.4, 0.5) is 0 Å². The summed E-state index contributed by atoms with van der Waals surface area (Å²) >= 11 is 0. The van der Waals surface area contributed by atoms with Gasteiger partial charge in [0.25, 0.3) is 0 Å². The quantitative estimate of drug-likeness (QED) is 0.0427. The van der Waals surface area contributed by atoms with Gasteiger partial charge in [0.1, 0.15) is 24.1 Å². The second kappa shape index (κ2) is 23.2. The highest BCUT2D eigenvalue weighted by Gasteiger charge is 2.49. The van der Waals surface area contributed by atoms with Crippen molar-refractivity contribution in [2.24, 2.45) is 28.9 Å². The van der Waals surface area contributed by atoms with E-state index in [1.807, 2.05) is 103 Å². The van der Waals surface area contributed by atoms with E-state index < -0.39 is 30.4 Å². The van der Waals surface area contributed by atoms with E-state index >= 15 is 0 Å².